The molecule has 0 aromatic heterocycles. The first-order chi connectivity index (χ1) is 13.9. The molecule has 0 N–H and O–H groups in total. The predicted octanol–water partition coefficient (Wildman–Crippen LogP) is 5.08. The van der Waals surface area contributed by atoms with Crippen molar-refractivity contribution < 1.29 is 23.5 Å². The Morgan fingerprint density at radius 1 is 1.14 bits per heavy atom. The van der Waals surface area contributed by atoms with Gasteiger partial charge in [-0.3, -0.25) is 14.5 Å². The molecule has 2 amide bonds. The summed E-state index contributed by atoms with van der Waals surface area (Å²) in [6, 6.07) is 9.59. The van der Waals surface area contributed by atoms with E-state index in [1.54, 1.807) is 31.2 Å². The van der Waals surface area contributed by atoms with Crippen LogP contribution in [0.1, 0.15) is 25.0 Å². The number of hydrogen-bond donors (Lipinski definition) is 0. The van der Waals surface area contributed by atoms with Gasteiger partial charge in [0.05, 0.1) is 16.9 Å². The van der Waals surface area contributed by atoms with Crippen molar-refractivity contribution in [3.05, 3.63) is 58.4 Å². The lowest BCUT2D eigenvalue weighted by Crippen LogP contribution is -2.31. The van der Waals surface area contributed by atoms with Gasteiger partial charge in [0.25, 0.3) is 5.24 Å². The molecule has 2 aromatic rings. The molecule has 0 saturated carbocycles. The number of imide groups is 1. The van der Waals surface area contributed by atoms with Crippen LogP contribution in [0.4, 0.5) is 9.18 Å². The maximum absolute atomic E-state index is 13.4. The number of carbonyl (C=O) groups is 2. The number of halogens is 2. The molecule has 0 radical (unpaired) electrons. The minimum atomic E-state index is -0.480. The van der Waals surface area contributed by atoms with Crippen LogP contribution in [0.15, 0.2) is 36.4 Å². The molecule has 1 heterocycles. The second kappa shape index (κ2) is 9.50. The fourth-order valence-corrected chi connectivity index (χ4v) is 4.43. The van der Waals surface area contributed by atoms with E-state index < -0.39 is 5.25 Å². The van der Waals surface area contributed by atoms with Crippen LogP contribution in [-0.2, 0) is 17.8 Å². The van der Waals surface area contributed by atoms with Crippen molar-refractivity contribution in [1.29, 1.82) is 0 Å². The highest BCUT2D eigenvalue weighted by molar-refractivity contribution is 8.15. The fourth-order valence-electron chi connectivity index (χ4n) is 3.05. The molecule has 1 atom stereocenters. The van der Waals surface area contributed by atoms with Gasteiger partial charge in [-0.15, -0.1) is 0 Å². The summed E-state index contributed by atoms with van der Waals surface area (Å²) in [5.74, 6) is 0.272. The molecule has 154 valence electrons. The minimum Gasteiger partial charge on any atom is -0.490 e. The zero-order valence-corrected chi connectivity index (χ0v) is 17.7. The van der Waals surface area contributed by atoms with Crippen LogP contribution in [0.25, 0.3) is 0 Å². The van der Waals surface area contributed by atoms with E-state index in [1.807, 2.05) is 6.92 Å². The van der Waals surface area contributed by atoms with Crippen molar-refractivity contribution in [2.75, 3.05) is 13.2 Å². The first-order valence-electron chi connectivity index (χ1n) is 9.27. The van der Waals surface area contributed by atoms with Crippen LogP contribution in [0.2, 0.25) is 5.02 Å². The molecule has 8 heteroatoms. The molecule has 5 nitrogen and oxygen atoms in total. The average Bonchev–Trinajstić information content (AvgIpc) is 2.94. The Balaban J connectivity index is 1.79. The quantitative estimate of drug-likeness (QED) is 0.576. The summed E-state index contributed by atoms with van der Waals surface area (Å²) in [7, 11) is 0. The van der Waals surface area contributed by atoms with Crippen molar-refractivity contribution in [3.8, 4) is 11.5 Å². The Morgan fingerprint density at radius 3 is 2.59 bits per heavy atom. The molecule has 1 saturated heterocycles. The zero-order chi connectivity index (χ0) is 21.0. The van der Waals surface area contributed by atoms with Gasteiger partial charge in [-0.2, -0.15) is 0 Å². The second-order valence-corrected chi connectivity index (χ2v) is 7.98. The van der Waals surface area contributed by atoms with E-state index in [1.165, 1.54) is 17.0 Å². The normalized spacial score (nSPS) is 16.4. The van der Waals surface area contributed by atoms with Crippen LogP contribution in [0.3, 0.4) is 0 Å². The number of ether oxygens (including phenoxy) is 2. The predicted molar refractivity (Wildman–Crippen MR) is 111 cm³/mol. The summed E-state index contributed by atoms with van der Waals surface area (Å²) in [4.78, 5) is 25.5. The SMILES string of the molecule is CCOc1cc(C[C@H]2SC(=O)N(CC)C2=O)cc(Cl)c1OCc1cccc(F)c1. The molecule has 29 heavy (non-hydrogen) atoms. The Bertz CT molecular complexity index is 924. The molecule has 1 aliphatic rings. The number of hydrogen-bond acceptors (Lipinski definition) is 5. The highest BCUT2D eigenvalue weighted by atomic mass is 35.5. The van der Waals surface area contributed by atoms with Gasteiger partial charge < -0.3 is 9.47 Å². The van der Waals surface area contributed by atoms with Gasteiger partial charge in [0, 0.05) is 6.54 Å². The zero-order valence-electron chi connectivity index (χ0n) is 16.1. The summed E-state index contributed by atoms with van der Waals surface area (Å²) >= 11 is 7.45. The topological polar surface area (TPSA) is 55.8 Å². The lowest BCUT2D eigenvalue weighted by molar-refractivity contribution is -0.126. The van der Waals surface area contributed by atoms with Gasteiger partial charge in [0.2, 0.25) is 5.91 Å². The van der Waals surface area contributed by atoms with Crippen molar-refractivity contribution >= 4 is 34.5 Å². The lowest BCUT2D eigenvalue weighted by Gasteiger charge is -2.16. The van der Waals surface area contributed by atoms with Gasteiger partial charge in [0.15, 0.2) is 11.5 Å². The standard InChI is InChI=1S/C21H21ClFNO4S/c1-3-24-20(25)18(29-21(24)26)11-14-9-16(22)19(17(10-14)27-4-2)28-12-13-6-5-7-15(23)8-13/h5-10,18H,3-4,11-12H2,1-2H3/t18-/m1/s1. The van der Waals surface area contributed by atoms with Crippen LogP contribution >= 0.6 is 23.4 Å². The molecule has 2 aromatic carbocycles. The third-order valence-corrected chi connectivity index (χ3v) is 5.74. The maximum atomic E-state index is 13.4. The van der Waals surface area contributed by atoms with Gasteiger partial charge >= 0.3 is 0 Å². The van der Waals surface area contributed by atoms with Crippen LogP contribution in [0.5, 0.6) is 11.5 Å². The fraction of sp³-hybridized carbons (Fsp3) is 0.333. The number of amides is 2. The Labute approximate surface area is 178 Å². The van der Waals surface area contributed by atoms with E-state index in [2.05, 4.69) is 0 Å². The molecule has 1 aliphatic heterocycles. The number of thioether (sulfide) groups is 1. The summed E-state index contributed by atoms with van der Waals surface area (Å²) < 4.78 is 24.8. The van der Waals surface area contributed by atoms with E-state index in [0.717, 1.165) is 17.3 Å². The van der Waals surface area contributed by atoms with E-state index in [-0.39, 0.29) is 23.6 Å². The minimum absolute atomic E-state index is 0.133. The molecular formula is C21H21ClFNO4S. The maximum Gasteiger partial charge on any atom is 0.289 e. The Morgan fingerprint density at radius 2 is 1.93 bits per heavy atom. The monoisotopic (exact) mass is 437 g/mol. The average molecular weight is 438 g/mol. The molecule has 3 rings (SSSR count). The highest BCUT2D eigenvalue weighted by Crippen LogP contribution is 2.39. The Hall–Kier alpha value is -2.25. The van der Waals surface area contributed by atoms with Crippen molar-refractivity contribution in [2.45, 2.75) is 32.1 Å². The summed E-state index contributed by atoms with van der Waals surface area (Å²) in [5.41, 5.74) is 1.44. The summed E-state index contributed by atoms with van der Waals surface area (Å²) in [6.45, 7) is 4.50. The van der Waals surface area contributed by atoms with Crippen LogP contribution < -0.4 is 9.47 Å². The summed E-state index contributed by atoms with van der Waals surface area (Å²) in [6.07, 6.45) is 0.357. The third-order valence-electron chi connectivity index (χ3n) is 4.38. The first-order valence-corrected chi connectivity index (χ1v) is 10.5. The van der Waals surface area contributed by atoms with E-state index in [0.29, 0.717) is 41.7 Å². The van der Waals surface area contributed by atoms with Crippen LogP contribution in [0, 0.1) is 5.82 Å². The first kappa shape index (κ1) is 21.5. The molecule has 0 aliphatic carbocycles. The molecular weight excluding hydrogens is 417 g/mol. The lowest BCUT2D eigenvalue weighted by atomic mass is 10.1. The summed E-state index contributed by atoms with van der Waals surface area (Å²) in [5, 5.41) is -0.378. The number of benzene rings is 2. The third kappa shape index (κ3) is 5.03. The van der Waals surface area contributed by atoms with Crippen molar-refractivity contribution in [2.24, 2.45) is 0 Å². The van der Waals surface area contributed by atoms with Crippen molar-refractivity contribution in [1.82, 2.24) is 4.90 Å². The van der Waals surface area contributed by atoms with Gasteiger partial charge in [0.1, 0.15) is 12.4 Å². The van der Waals surface area contributed by atoms with Crippen LogP contribution in [-0.4, -0.2) is 34.4 Å². The second-order valence-electron chi connectivity index (χ2n) is 6.42. The molecule has 0 spiro atoms. The number of carbonyl (C=O) groups excluding carboxylic acids is 2. The highest BCUT2D eigenvalue weighted by Gasteiger charge is 2.38. The molecule has 0 bridgehead atoms. The molecule has 0 unspecified atom stereocenters. The van der Waals surface area contributed by atoms with Gasteiger partial charge in [-0.25, -0.2) is 4.39 Å². The van der Waals surface area contributed by atoms with E-state index in [9.17, 15) is 14.0 Å². The van der Waals surface area contributed by atoms with Gasteiger partial charge in [-0.1, -0.05) is 35.5 Å². The largest absolute Gasteiger partial charge is 0.490 e. The van der Waals surface area contributed by atoms with Gasteiger partial charge in [-0.05, 0) is 55.7 Å². The van der Waals surface area contributed by atoms with Crippen molar-refractivity contribution in [3.63, 3.8) is 0 Å². The molecule has 1 fully saturated rings. The Kier molecular flexibility index (Phi) is 7.03. The number of nitrogens with zero attached hydrogens (tertiary/aromatic N) is 1. The number of rotatable bonds is 8. The smallest absolute Gasteiger partial charge is 0.289 e. The van der Waals surface area contributed by atoms with E-state index in [4.69, 9.17) is 21.1 Å². The van der Waals surface area contributed by atoms with E-state index >= 15 is 0 Å².